The van der Waals surface area contributed by atoms with Gasteiger partial charge in [0, 0.05) is 0 Å². The topological polar surface area (TPSA) is 0 Å². The summed E-state index contributed by atoms with van der Waals surface area (Å²) in [6.07, 6.45) is 0. The molecule has 0 nitrogen and oxygen atoms in total. The third kappa shape index (κ3) is 2.30. The van der Waals surface area contributed by atoms with Crippen LogP contribution < -0.4 is 0 Å². The Labute approximate surface area is 108 Å². The van der Waals surface area contributed by atoms with E-state index in [0.29, 0.717) is 25.3 Å². The molecule has 0 aromatic carbocycles. The van der Waals surface area contributed by atoms with Crippen molar-refractivity contribution in [2.75, 3.05) is 0 Å². The predicted octanol–water partition coefficient (Wildman–Crippen LogP) is 4.55. The van der Waals surface area contributed by atoms with E-state index >= 15 is 0 Å². The van der Waals surface area contributed by atoms with Gasteiger partial charge in [0.05, 0.1) is 0 Å². The Kier molecular flexibility index (Phi) is 2.89. The molecular formula is C14H20SSe. The Morgan fingerprint density at radius 3 is 2.00 bits per heavy atom. The molecule has 0 fully saturated rings. The Morgan fingerprint density at radius 2 is 1.56 bits per heavy atom. The first-order valence-electron chi connectivity index (χ1n) is 5.72. The van der Waals surface area contributed by atoms with Gasteiger partial charge in [0.25, 0.3) is 0 Å². The number of rotatable bonds is 0. The molecule has 0 spiro atoms. The Balaban J connectivity index is 2.49. The summed E-state index contributed by atoms with van der Waals surface area (Å²) in [5.41, 5.74) is 0.654. The van der Waals surface area contributed by atoms with Gasteiger partial charge < -0.3 is 0 Å². The van der Waals surface area contributed by atoms with Crippen LogP contribution in [0.4, 0.5) is 0 Å². The molecule has 0 atom stereocenters. The average molecular weight is 299 g/mol. The van der Waals surface area contributed by atoms with Crippen molar-refractivity contribution in [1.29, 1.82) is 0 Å². The van der Waals surface area contributed by atoms with E-state index in [1.807, 2.05) is 11.3 Å². The maximum absolute atomic E-state index is 2.44. The average Bonchev–Trinajstić information content (AvgIpc) is 2.53. The summed E-state index contributed by atoms with van der Waals surface area (Å²) in [4.78, 5) is 1.53. The summed E-state index contributed by atoms with van der Waals surface area (Å²) < 4.78 is 4.77. The third-order valence-corrected chi connectivity index (χ3v) is 7.65. The van der Waals surface area contributed by atoms with Gasteiger partial charge in [-0.15, -0.1) is 0 Å². The van der Waals surface area contributed by atoms with Gasteiger partial charge in [-0.2, -0.15) is 0 Å². The molecule has 0 aliphatic rings. The van der Waals surface area contributed by atoms with Crippen LogP contribution in [0.1, 0.15) is 50.9 Å². The first-order chi connectivity index (χ1) is 7.18. The van der Waals surface area contributed by atoms with E-state index in [-0.39, 0.29) is 0 Å². The van der Waals surface area contributed by atoms with Crippen LogP contribution in [0.2, 0.25) is 0 Å². The van der Waals surface area contributed by atoms with Crippen LogP contribution in [0.25, 0.3) is 8.96 Å². The van der Waals surface area contributed by atoms with Gasteiger partial charge in [0.2, 0.25) is 0 Å². The van der Waals surface area contributed by atoms with Crippen molar-refractivity contribution in [1.82, 2.24) is 0 Å². The second-order valence-electron chi connectivity index (χ2n) is 6.45. The molecule has 0 saturated heterocycles. The summed E-state index contributed by atoms with van der Waals surface area (Å²) in [5, 5.41) is 0. The van der Waals surface area contributed by atoms with E-state index in [1.165, 1.54) is 9.58 Å². The molecular weight excluding hydrogens is 279 g/mol. The van der Waals surface area contributed by atoms with E-state index < -0.39 is 0 Å². The first-order valence-corrected chi connectivity index (χ1v) is 8.25. The van der Waals surface area contributed by atoms with Crippen molar-refractivity contribution in [3.8, 4) is 0 Å². The van der Waals surface area contributed by atoms with Crippen molar-refractivity contribution < 1.29 is 0 Å². The van der Waals surface area contributed by atoms with Crippen LogP contribution in [0.15, 0.2) is 12.1 Å². The van der Waals surface area contributed by atoms with Gasteiger partial charge in [0.1, 0.15) is 0 Å². The van der Waals surface area contributed by atoms with Gasteiger partial charge >= 0.3 is 109 Å². The zero-order chi connectivity index (χ0) is 12.1. The Morgan fingerprint density at radius 1 is 0.938 bits per heavy atom. The van der Waals surface area contributed by atoms with Crippen LogP contribution in [-0.2, 0) is 10.8 Å². The molecule has 0 saturated carbocycles. The van der Waals surface area contributed by atoms with Crippen LogP contribution in [0.3, 0.4) is 0 Å². The van der Waals surface area contributed by atoms with Gasteiger partial charge in [-0.25, -0.2) is 0 Å². The normalized spacial score (nSPS) is 13.6. The molecule has 2 aromatic heterocycles. The molecule has 2 heteroatoms. The fourth-order valence-corrected chi connectivity index (χ4v) is 5.66. The Hall–Kier alpha value is -0.0405. The van der Waals surface area contributed by atoms with Crippen LogP contribution in [0, 0.1) is 0 Å². The fourth-order valence-electron chi connectivity index (χ4n) is 1.57. The summed E-state index contributed by atoms with van der Waals surface area (Å²) in [6.45, 7) is 13.9. The van der Waals surface area contributed by atoms with Crippen molar-refractivity contribution in [3.63, 3.8) is 0 Å². The molecule has 0 unspecified atom stereocenters. The SMILES string of the molecule is CC(C)(C)c1cc2[se]c(C(C)(C)C)cc2s1. The zero-order valence-corrected chi connectivity index (χ0v) is 13.5. The zero-order valence-electron chi connectivity index (χ0n) is 11.0. The van der Waals surface area contributed by atoms with Crippen LogP contribution >= 0.6 is 11.3 Å². The van der Waals surface area contributed by atoms with Crippen LogP contribution in [-0.4, -0.2) is 14.5 Å². The van der Waals surface area contributed by atoms with Crippen LogP contribution in [0.5, 0.6) is 0 Å². The first kappa shape index (κ1) is 12.4. The van der Waals surface area contributed by atoms with Gasteiger partial charge in [-0.3, -0.25) is 0 Å². The second kappa shape index (κ2) is 3.73. The van der Waals surface area contributed by atoms with Crippen molar-refractivity contribution in [2.45, 2.75) is 52.4 Å². The summed E-state index contributed by atoms with van der Waals surface area (Å²) in [6, 6.07) is 4.88. The number of thiophene rings is 1. The van der Waals surface area contributed by atoms with Crippen molar-refractivity contribution in [3.05, 3.63) is 21.4 Å². The molecule has 0 aliphatic heterocycles. The predicted molar refractivity (Wildman–Crippen MR) is 76.2 cm³/mol. The number of hydrogen-bond acceptors (Lipinski definition) is 1. The molecule has 0 radical (unpaired) electrons. The molecule has 0 amide bonds. The molecule has 2 heterocycles. The second-order valence-corrected chi connectivity index (χ2v) is 9.81. The van der Waals surface area contributed by atoms with Gasteiger partial charge in [0.15, 0.2) is 0 Å². The van der Waals surface area contributed by atoms with Crippen molar-refractivity contribution >= 4 is 34.8 Å². The van der Waals surface area contributed by atoms with Gasteiger partial charge in [-0.05, 0) is 0 Å². The molecule has 2 aromatic rings. The fraction of sp³-hybridized carbons (Fsp3) is 0.571. The quantitative estimate of drug-likeness (QED) is 0.626. The summed E-state index contributed by atoms with van der Waals surface area (Å²) in [5.74, 6) is 0. The minimum absolute atomic E-state index is 0.306. The minimum atomic E-state index is 0.306. The third-order valence-electron chi connectivity index (χ3n) is 2.69. The van der Waals surface area contributed by atoms with E-state index in [4.69, 9.17) is 0 Å². The molecule has 16 heavy (non-hydrogen) atoms. The summed E-state index contributed by atoms with van der Waals surface area (Å²) >= 11 is 2.55. The Bertz CT molecular complexity index is 428. The number of fused-ring (bicyclic) bond motifs is 1. The molecule has 88 valence electrons. The molecule has 2 rings (SSSR count). The van der Waals surface area contributed by atoms with Gasteiger partial charge in [-0.1, -0.05) is 0 Å². The van der Waals surface area contributed by atoms with E-state index in [1.54, 1.807) is 8.70 Å². The van der Waals surface area contributed by atoms with E-state index in [2.05, 4.69) is 53.7 Å². The number of hydrogen-bond donors (Lipinski definition) is 0. The molecule has 0 N–H and O–H groups in total. The van der Waals surface area contributed by atoms with E-state index in [9.17, 15) is 0 Å². The maximum atomic E-state index is 2.44. The summed E-state index contributed by atoms with van der Waals surface area (Å²) in [7, 11) is 0. The monoisotopic (exact) mass is 300 g/mol. The standard InChI is InChI=1S/C14H20SSe/c1-13(2,3)11-8-10-9(15-11)7-12(16-10)14(4,5)6/h7-8H,1-6H3. The van der Waals surface area contributed by atoms with E-state index in [0.717, 1.165) is 0 Å². The molecule has 0 bridgehead atoms. The van der Waals surface area contributed by atoms with Crippen molar-refractivity contribution in [2.24, 2.45) is 0 Å². The molecule has 0 aliphatic carbocycles.